The normalized spacial score (nSPS) is 16.7. The van der Waals surface area contributed by atoms with E-state index < -0.39 is 5.92 Å². The Labute approximate surface area is 199 Å². The maximum Gasteiger partial charge on any atom is 0.251 e. The first kappa shape index (κ1) is 23.6. The van der Waals surface area contributed by atoms with Gasteiger partial charge in [0.1, 0.15) is 0 Å². The molecule has 0 aliphatic carbocycles. The number of hydrogen-bond acceptors (Lipinski definition) is 6. The van der Waals surface area contributed by atoms with Crippen molar-refractivity contribution in [2.24, 2.45) is 5.92 Å². The summed E-state index contributed by atoms with van der Waals surface area (Å²) >= 11 is 0. The van der Waals surface area contributed by atoms with Crippen molar-refractivity contribution in [3.8, 4) is 11.5 Å². The Morgan fingerprint density at radius 3 is 2.53 bits per heavy atom. The van der Waals surface area contributed by atoms with Gasteiger partial charge in [-0.05, 0) is 49.5 Å². The van der Waals surface area contributed by atoms with Crippen molar-refractivity contribution in [1.82, 2.24) is 10.2 Å². The van der Waals surface area contributed by atoms with Crippen LogP contribution in [0.1, 0.15) is 30.6 Å². The van der Waals surface area contributed by atoms with Gasteiger partial charge in [0.2, 0.25) is 18.6 Å². The molecule has 0 spiro atoms. The van der Waals surface area contributed by atoms with Crippen LogP contribution in [0, 0.1) is 5.92 Å². The minimum Gasteiger partial charge on any atom is -0.454 e. The number of anilines is 2. The van der Waals surface area contributed by atoms with Crippen molar-refractivity contribution in [3.05, 3.63) is 48.0 Å². The molecule has 2 aromatic rings. The molecule has 2 heterocycles. The third-order valence-corrected chi connectivity index (χ3v) is 6.19. The van der Waals surface area contributed by atoms with Crippen molar-refractivity contribution < 1.29 is 23.9 Å². The molecule has 9 nitrogen and oxygen atoms in total. The molecule has 1 unspecified atom stereocenters. The van der Waals surface area contributed by atoms with E-state index in [1.165, 1.54) is 0 Å². The molecule has 34 heavy (non-hydrogen) atoms. The number of carbonyl (C=O) groups is 3. The van der Waals surface area contributed by atoms with E-state index in [9.17, 15) is 14.4 Å². The third-order valence-electron chi connectivity index (χ3n) is 6.19. The van der Waals surface area contributed by atoms with E-state index in [0.717, 1.165) is 19.6 Å². The summed E-state index contributed by atoms with van der Waals surface area (Å²) in [5.74, 6) is 0.275. The first-order chi connectivity index (χ1) is 16.5. The largest absolute Gasteiger partial charge is 0.454 e. The number of rotatable bonds is 9. The minimum atomic E-state index is -0.471. The molecule has 2 N–H and O–H groups in total. The number of ether oxygens (including phenoxy) is 2. The van der Waals surface area contributed by atoms with E-state index >= 15 is 0 Å². The first-order valence-corrected chi connectivity index (χ1v) is 11.6. The third kappa shape index (κ3) is 5.31. The van der Waals surface area contributed by atoms with Crippen LogP contribution in [0.5, 0.6) is 11.5 Å². The number of benzene rings is 2. The number of fused-ring (bicyclic) bond motifs is 1. The van der Waals surface area contributed by atoms with Crippen LogP contribution in [0.4, 0.5) is 11.4 Å². The standard InChI is InChI=1S/C25H30N4O5/c1-3-28(4-2)12-11-26-24(31)17-5-7-19(8-6-17)27-25(32)18-13-23(30)29(15-18)20-9-10-21-22(14-20)34-16-33-21/h5-10,14,18H,3-4,11-13,15-16H2,1-2H3,(H,26,31)(H,27,32). The predicted molar refractivity (Wildman–Crippen MR) is 128 cm³/mol. The summed E-state index contributed by atoms with van der Waals surface area (Å²) in [6.07, 6.45) is 0.132. The van der Waals surface area contributed by atoms with Gasteiger partial charge in [-0.3, -0.25) is 14.4 Å². The highest BCUT2D eigenvalue weighted by molar-refractivity contribution is 6.04. The zero-order valence-electron chi connectivity index (χ0n) is 19.5. The highest BCUT2D eigenvalue weighted by Gasteiger charge is 2.35. The lowest BCUT2D eigenvalue weighted by atomic mass is 10.1. The van der Waals surface area contributed by atoms with Crippen LogP contribution in [0.25, 0.3) is 0 Å². The van der Waals surface area contributed by atoms with Gasteiger partial charge in [-0.25, -0.2) is 0 Å². The van der Waals surface area contributed by atoms with E-state index in [1.54, 1.807) is 47.4 Å². The summed E-state index contributed by atoms with van der Waals surface area (Å²) < 4.78 is 10.7. The molecule has 2 aliphatic rings. The van der Waals surface area contributed by atoms with Gasteiger partial charge in [-0.15, -0.1) is 0 Å². The van der Waals surface area contributed by atoms with Crippen molar-refractivity contribution in [1.29, 1.82) is 0 Å². The van der Waals surface area contributed by atoms with Crippen LogP contribution in [-0.4, -0.2) is 62.1 Å². The van der Waals surface area contributed by atoms with Gasteiger partial charge < -0.3 is 29.9 Å². The Kier molecular flexibility index (Phi) is 7.32. The molecule has 1 saturated heterocycles. The molecule has 2 aliphatic heterocycles. The molecule has 0 radical (unpaired) electrons. The van der Waals surface area contributed by atoms with Crippen LogP contribution < -0.4 is 25.0 Å². The molecule has 0 aromatic heterocycles. The molecule has 180 valence electrons. The van der Waals surface area contributed by atoms with Crippen molar-refractivity contribution in [2.75, 3.05) is 49.7 Å². The van der Waals surface area contributed by atoms with Crippen LogP contribution in [-0.2, 0) is 9.59 Å². The van der Waals surface area contributed by atoms with Gasteiger partial charge in [0.05, 0.1) is 5.92 Å². The monoisotopic (exact) mass is 466 g/mol. The fraction of sp³-hybridized carbons (Fsp3) is 0.400. The molecular formula is C25H30N4O5. The number of nitrogens with zero attached hydrogens (tertiary/aromatic N) is 2. The van der Waals surface area contributed by atoms with Crippen LogP contribution in [0.15, 0.2) is 42.5 Å². The summed E-state index contributed by atoms with van der Waals surface area (Å²) in [5, 5.41) is 5.77. The fourth-order valence-corrected chi connectivity index (χ4v) is 4.10. The SMILES string of the molecule is CCN(CC)CCNC(=O)c1ccc(NC(=O)C2CC(=O)N(c3ccc4c(c3)OCO4)C2)cc1. The van der Waals surface area contributed by atoms with Crippen LogP contribution in [0.2, 0.25) is 0 Å². The molecule has 1 fully saturated rings. The molecule has 0 saturated carbocycles. The Bertz CT molecular complexity index is 1050. The maximum absolute atomic E-state index is 12.8. The van der Waals surface area contributed by atoms with E-state index in [1.807, 2.05) is 0 Å². The highest BCUT2D eigenvalue weighted by atomic mass is 16.7. The van der Waals surface area contributed by atoms with Crippen LogP contribution in [0.3, 0.4) is 0 Å². The highest BCUT2D eigenvalue weighted by Crippen LogP contribution is 2.37. The van der Waals surface area contributed by atoms with Gasteiger partial charge in [0.15, 0.2) is 11.5 Å². The Hall–Kier alpha value is -3.59. The van der Waals surface area contributed by atoms with Crippen LogP contribution >= 0.6 is 0 Å². The van der Waals surface area contributed by atoms with E-state index in [0.29, 0.717) is 35.0 Å². The first-order valence-electron chi connectivity index (χ1n) is 11.6. The quantitative estimate of drug-likeness (QED) is 0.589. The van der Waals surface area contributed by atoms with E-state index in [-0.39, 0.29) is 37.5 Å². The Morgan fingerprint density at radius 1 is 1.06 bits per heavy atom. The average Bonchev–Trinajstić information content (AvgIpc) is 3.48. The summed E-state index contributed by atoms with van der Waals surface area (Å²) in [6.45, 7) is 7.91. The molecule has 2 aromatic carbocycles. The lowest BCUT2D eigenvalue weighted by molar-refractivity contribution is -0.122. The number of likely N-dealkylation sites (N-methyl/N-ethyl adjacent to an activating group) is 1. The Balaban J connectivity index is 1.30. The van der Waals surface area contributed by atoms with Gasteiger partial charge >= 0.3 is 0 Å². The number of amides is 3. The topological polar surface area (TPSA) is 100 Å². The van der Waals surface area contributed by atoms with E-state index in [4.69, 9.17) is 9.47 Å². The average molecular weight is 467 g/mol. The molecule has 9 heteroatoms. The molecule has 1 atom stereocenters. The van der Waals surface area contributed by atoms with Gasteiger partial charge in [0, 0.05) is 49.1 Å². The Morgan fingerprint density at radius 2 is 1.79 bits per heavy atom. The number of nitrogens with one attached hydrogen (secondary N) is 2. The molecule has 0 bridgehead atoms. The fourth-order valence-electron chi connectivity index (χ4n) is 4.10. The number of carbonyl (C=O) groups excluding carboxylic acids is 3. The van der Waals surface area contributed by atoms with Gasteiger partial charge in [-0.2, -0.15) is 0 Å². The molecule has 4 rings (SSSR count). The number of hydrogen-bond donors (Lipinski definition) is 2. The summed E-state index contributed by atoms with van der Waals surface area (Å²) in [4.78, 5) is 41.5. The summed E-state index contributed by atoms with van der Waals surface area (Å²) in [5.41, 5.74) is 1.79. The second kappa shape index (κ2) is 10.6. The lowest BCUT2D eigenvalue weighted by Crippen LogP contribution is -2.34. The molecular weight excluding hydrogens is 436 g/mol. The summed E-state index contributed by atoms with van der Waals surface area (Å²) in [6, 6.07) is 12.1. The van der Waals surface area contributed by atoms with Crippen molar-refractivity contribution in [2.45, 2.75) is 20.3 Å². The zero-order chi connectivity index (χ0) is 24.1. The van der Waals surface area contributed by atoms with Crippen molar-refractivity contribution in [3.63, 3.8) is 0 Å². The summed E-state index contributed by atoms with van der Waals surface area (Å²) in [7, 11) is 0. The second-order valence-corrected chi connectivity index (χ2v) is 8.29. The minimum absolute atomic E-state index is 0.115. The molecule has 3 amide bonds. The predicted octanol–water partition coefficient (Wildman–Crippen LogP) is 2.48. The zero-order valence-corrected chi connectivity index (χ0v) is 19.5. The maximum atomic E-state index is 12.8. The smallest absolute Gasteiger partial charge is 0.251 e. The van der Waals surface area contributed by atoms with Gasteiger partial charge in [0.25, 0.3) is 5.91 Å². The second-order valence-electron chi connectivity index (χ2n) is 8.29. The lowest BCUT2D eigenvalue weighted by Gasteiger charge is -2.18. The van der Waals surface area contributed by atoms with E-state index in [2.05, 4.69) is 29.4 Å². The van der Waals surface area contributed by atoms with Crippen molar-refractivity contribution >= 4 is 29.1 Å². The van der Waals surface area contributed by atoms with Gasteiger partial charge in [-0.1, -0.05) is 13.8 Å².